The lowest BCUT2D eigenvalue weighted by Crippen LogP contribution is -2.12. The predicted molar refractivity (Wildman–Crippen MR) is 56.4 cm³/mol. The molecule has 0 fully saturated rings. The number of methoxy groups -OCH3 is 1. The molecule has 0 spiro atoms. The van der Waals surface area contributed by atoms with E-state index in [1.54, 1.807) is 0 Å². The van der Waals surface area contributed by atoms with E-state index in [-0.39, 0.29) is 17.2 Å². The van der Waals surface area contributed by atoms with Crippen LogP contribution in [0.3, 0.4) is 0 Å². The number of nitrogens with two attached hydrogens (primary N) is 1. The molecule has 15 heavy (non-hydrogen) atoms. The summed E-state index contributed by atoms with van der Waals surface area (Å²) >= 11 is 0. The molecule has 0 aliphatic carbocycles. The van der Waals surface area contributed by atoms with Crippen LogP contribution in [0.25, 0.3) is 0 Å². The summed E-state index contributed by atoms with van der Waals surface area (Å²) in [5.74, 6) is 3.84. The van der Waals surface area contributed by atoms with Gasteiger partial charge in [-0.25, -0.2) is 4.39 Å². The fraction of sp³-hybridized carbons (Fsp3) is 0.300. The molecule has 0 atom stereocenters. The molecule has 0 aliphatic heterocycles. The quantitative estimate of drug-likeness (QED) is 0.450. The van der Waals surface area contributed by atoms with Crippen LogP contribution in [0.1, 0.15) is 19.4 Å². The molecule has 1 aromatic carbocycles. The highest BCUT2D eigenvalue weighted by Gasteiger charge is 2.13. The van der Waals surface area contributed by atoms with Crippen molar-refractivity contribution in [3.63, 3.8) is 0 Å². The van der Waals surface area contributed by atoms with E-state index in [1.807, 2.05) is 13.8 Å². The summed E-state index contributed by atoms with van der Waals surface area (Å²) in [5, 5.41) is 7.23. The Hall–Kier alpha value is -1.62. The molecule has 0 saturated heterocycles. The normalized spacial score (nSPS) is 8.60. The zero-order valence-electron chi connectivity index (χ0n) is 9.00. The summed E-state index contributed by atoms with van der Waals surface area (Å²) in [4.78, 5) is 4.17. The van der Waals surface area contributed by atoms with Crippen molar-refractivity contribution in [2.75, 3.05) is 7.11 Å². The average Bonchev–Trinajstić information content (AvgIpc) is 2.30. The smallest absolute Gasteiger partial charge is 0.241 e. The van der Waals surface area contributed by atoms with Crippen LogP contribution in [0.2, 0.25) is 0 Å². The van der Waals surface area contributed by atoms with E-state index in [2.05, 4.69) is 4.84 Å². The summed E-state index contributed by atoms with van der Waals surface area (Å²) in [6, 6.07) is 4.16. The maximum absolute atomic E-state index is 13.0. The van der Waals surface area contributed by atoms with Crippen LogP contribution in [-0.4, -0.2) is 13.0 Å². The Morgan fingerprint density at radius 2 is 2.00 bits per heavy atom. The van der Waals surface area contributed by atoms with E-state index in [4.69, 9.17) is 16.0 Å². The first-order valence-corrected chi connectivity index (χ1v) is 4.49. The van der Waals surface area contributed by atoms with Crippen molar-refractivity contribution < 1.29 is 14.0 Å². The lowest BCUT2D eigenvalue weighted by Gasteiger charge is -2.07. The van der Waals surface area contributed by atoms with Crippen molar-refractivity contribution in [2.45, 2.75) is 13.8 Å². The fourth-order valence-corrected chi connectivity index (χ4v) is 0.959. The Morgan fingerprint density at radius 3 is 2.47 bits per heavy atom. The van der Waals surface area contributed by atoms with E-state index >= 15 is 0 Å². The summed E-state index contributed by atoms with van der Waals surface area (Å²) in [6.45, 7) is 4.00. The molecule has 1 aromatic rings. The molecule has 0 unspecified atom stereocenters. The topological polar surface area (TPSA) is 68.3 Å². The summed E-state index contributed by atoms with van der Waals surface area (Å²) in [6.07, 6.45) is 0. The van der Waals surface area contributed by atoms with E-state index in [1.165, 1.54) is 25.3 Å². The van der Waals surface area contributed by atoms with Crippen LogP contribution >= 0.6 is 0 Å². The fourth-order valence-electron chi connectivity index (χ4n) is 0.959. The average molecular weight is 214 g/mol. The molecule has 0 saturated carbocycles. The highest BCUT2D eigenvalue weighted by Crippen LogP contribution is 2.22. The third-order valence-corrected chi connectivity index (χ3v) is 1.53. The zero-order valence-corrected chi connectivity index (χ0v) is 9.00. The van der Waals surface area contributed by atoms with Crippen molar-refractivity contribution in [1.82, 2.24) is 0 Å². The molecule has 0 amide bonds. The second-order valence-corrected chi connectivity index (χ2v) is 2.27. The first kappa shape index (κ1) is 13.4. The number of halogens is 1. The Balaban J connectivity index is 0.000000921. The highest BCUT2D eigenvalue weighted by atomic mass is 19.1. The minimum absolute atomic E-state index is 0.0436. The summed E-state index contributed by atoms with van der Waals surface area (Å²) in [5.41, 5.74) is 0.185. The van der Waals surface area contributed by atoms with Gasteiger partial charge in [-0.15, -0.1) is 0 Å². The van der Waals surface area contributed by atoms with Crippen LogP contribution in [0, 0.1) is 11.2 Å². The van der Waals surface area contributed by atoms with Crippen molar-refractivity contribution in [1.29, 1.82) is 5.41 Å². The van der Waals surface area contributed by atoms with Crippen LogP contribution in [0.15, 0.2) is 18.2 Å². The lowest BCUT2D eigenvalue weighted by molar-refractivity contribution is 0.315. The molecular weight excluding hydrogens is 199 g/mol. The van der Waals surface area contributed by atoms with Crippen molar-refractivity contribution in [3.05, 3.63) is 29.6 Å². The van der Waals surface area contributed by atoms with Gasteiger partial charge in [-0.05, 0) is 12.1 Å². The predicted octanol–water partition coefficient (Wildman–Crippen LogP) is 2.08. The number of ether oxygens (including phenoxy) is 1. The minimum atomic E-state index is -0.554. The van der Waals surface area contributed by atoms with E-state index in [9.17, 15) is 4.39 Å². The van der Waals surface area contributed by atoms with Crippen molar-refractivity contribution >= 4 is 5.90 Å². The molecule has 1 rings (SSSR count). The number of rotatable bonds is 2. The van der Waals surface area contributed by atoms with Gasteiger partial charge in [0, 0.05) is 0 Å². The van der Waals surface area contributed by atoms with Crippen LogP contribution in [0.4, 0.5) is 4.39 Å². The number of hydrogen-bond acceptors (Lipinski definition) is 4. The molecule has 0 aromatic heterocycles. The van der Waals surface area contributed by atoms with E-state index < -0.39 is 5.82 Å². The number of benzene rings is 1. The molecule has 3 N–H and O–H groups in total. The standard InChI is InChI=1S/C8H9FN2O2.C2H6/c1-12-7-5(8(10)13-11)3-2-4-6(7)9;1-2/h2-4,10H,11H2,1H3;1-2H3. The summed E-state index contributed by atoms with van der Waals surface area (Å²) in [7, 11) is 1.31. The first-order valence-electron chi connectivity index (χ1n) is 4.49. The minimum Gasteiger partial charge on any atom is -0.493 e. The number of hydrogen-bond donors (Lipinski definition) is 2. The SMILES string of the molecule is CC.COc1c(F)cccc1C(=N)ON. The molecule has 84 valence electrons. The molecular formula is C10H15FN2O2. The Morgan fingerprint density at radius 1 is 1.40 bits per heavy atom. The van der Waals surface area contributed by atoms with Crippen LogP contribution < -0.4 is 10.6 Å². The summed E-state index contributed by atoms with van der Waals surface area (Å²) < 4.78 is 17.8. The third-order valence-electron chi connectivity index (χ3n) is 1.53. The molecule has 0 heterocycles. The van der Waals surface area contributed by atoms with Crippen molar-refractivity contribution in [2.24, 2.45) is 5.90 Å². The maximum atomic E-state index is 13.0. The van der Waals surface area contributed by atoms with Gasteiger partial charge in [0.15, 0.2) is 11.6 Å². The molecule has 0 radical (unpaired) electrons. The van der Waals surface area contributed by atoms with Gasteiger partial charge in [-0.3, -0.25) is 5.41 Å². The van der Waals surface area contributed by atoms with Gasteiger partial charge in [0.2, 0.25) is 5.90 Å². The maximum Gasteiger partial charge on any atom is 0.241 e. The van der Waals surface area contributed by atoms with E-state index in [0.717, 1.165) is 0 Å². The molecule has 0 aliphatic rings. The van der Waals surface area contributed by atoms with E-state index in [0.29, 0.717) is 0 Å². The van der Waals surface area contributed by atoms with Crippen LogP contribution in [-0.2, 0) is 4.84 Å². The van der Waals surface area contributed by atoms with Gasteiger partial charge in [-0.1, -0.05) is 19.9 Å². The lowest BCUT2D eigenvalue weighted by atomic mass is 10.2. The van der Waals surface area contributed by atoms with Gasteiger partial charge in [0.1, 0.15) is 0 Å². The van der Waals surface area contributed by atoms with Crippen molar-refractivity contribution in [3.8, 4) is 5.75 Å². The van der Waals surface area contributed by atoms with Gasteiger partial charge in [0.05, 0.1) is 12.7 Å². The van der Waals surface area contributed by atoms with Gasteiger partial charge >= 0.3 is 0 Å². The third kappa shape index (κ3) is 3.21. The largest absolute Gasteiger partial charge is 0.493 e. The Labute approximate surface area is 88.3 Å². The highest BCUT2D eigenvalue weighted by molar-refractivity contribution is 5.94. The zero-order chi connectivity index (χ0) is 11.8. The molecule has 0 bridgehead atoms. The Kier molecular flexibility index (Phi) is 6.05. The van der Waals surface area contributed by atoms with Crippen LogP contribution in [0.5, 0.6) is 5.75 Å². The molecule has 4 nitrogen and oxygen atoms in total. The number of nitrogens with one attached hydrogen (secondary N) is 1. The first-order chi connectivity index (χ1) is 7.20. The number of para-hydroxylation sites is 1. The second-order valence-electron chi connectivity index (χ2n) is 2.27. The van der Waals surface area contributed by atoms with Gasteiger partial charge in [-0.2, -0.15) is 5.90 Å². The Bertz CT molecular complexity index is 329. The monoisotopic (exact) mass is 214 g/mol. The van der Waals surface area contributed by atoms with Gasteiger partial charge < -0.3 is 9.57 Å². The molecule has 5 heteroatoms. The second kappa shape index (κ2) is 6.78. The van der Waals surface area contributed by atoms with Gasteiger partial charge in [0.25, 0.3) is 0 Å².